The molecule has 2 amide bonds. The van der Waals surface area contributed by atoms with Crippen molar-refractivity contribution >= 4 is 17.8 Å². The lowest BCUT2D eigenvalue weighted by molar-refractivity contribution is -0.314. The van der Waals surface area contributed by atoms with Crippen molar-refractivity contribution in [3.63, 3.8) is 0 Å². The predicted molar refractivity (Wildman–Crippen MR) is 77.2 cm³/mol. The van der Waals surface area contributed by atoms with Crippen molar-refractivity contribution in [2.24, 2.45) is 11.8 Å². The van der Waals surface area contributed by atoms with E-state index in [0.717, 1.165) is 18.4 Å². The summed E-state index contributed by atoms with van der Waals surface area (Å²) in [6.45, 7) is 1.80. The summed E-state index contributed by atoms with van der Waals surface area (Å²) in [5, 5.41) is 11.1. The number of carbonyl (C=O) groups excluding carboxylic acids is 3. The summed E-state index contributed by atoms with van der Waals surface area (Å²) in [5.74, 6) is -3.55. The van der Waals surface area contributed by atoms with E-state index in [1.54, 1.807) is 25.1 Å². The van der Waals surface area contributed by atoms with Gasteiger partial charge in [0.1, 0.15) is 0 Å². The lowest BCUT2D eigenvalue weighted by Crippen LogP contribution is -2.49. The van der Waals surface area contributed by atoms with Gasteiger partial charge in [0.15, 0.2) is 0 Å². The Kier molecular flexibility index (Phi) is 5.14. The highest BCUT2D eigenvalue weighted by atomic mass is 16.4. The van der Waals surface area contributed by atoms with Gasteiger partial charge in [0.25, 0.3) is 5.91 Å². The maximum atomic E-state index is 12.1. The van der Waals surface area contributed by atoms with Crippen LogP contribution in [0.15, 0.2) is 24.3 Å². The fraction of sp³-hybridized carbons (Fsp3) is 0.438. The standard InChI is InChI=1S/C16H20N2O4/c1-10-6-2-3-7-11(10)14(19)17-18-15(20)12-8-4-5-9-13(12)16(21)22/h2-3,6-7,12-13H,4-5,8-9H2,1H3,(H,17,19)(H,18,20)(H,21,22)/p-1/t12-,13+/m0/s1. The Morgan fingerprint density at radius 3 is 2.32 bits per heavy atom. The van der Waals surface area contributed by atoms with Gasteiger partial charge >= 0.3 is 0 Å². The summed E-state index contributed by atoms with van der Waals surface area (Å²) in [5.41, 5.74) is 5.93. The Morgan fingerprint density at radius 1 is 1.05 bits per heavy atom. The highest BCUT2D eigenvalue weighted by molar-refractivity contribution is 5.97. The Hall–Kier alpha value is -2.37. The summed E-state index contributed by atoms with van der Waals surface area (Å²) in [6, 6.07) is 7.00. The van der Waals surface area contributed by atoms with Crippen LogP contribution in [0.25, 0.3) is 0 Å². The van der Waals surface area contributed by atoms with Gasteiger partial charge in [0, 0.05) is 23.4 Å². The van der Waals surface area contributed by atoms with Gasteiger partial charge in [-0.3, -0.25) is 20.4 Å². The molecular weight excluding hydrogens is 284 g/mol. The largest absolute Gasteiger partial charge is 0.550 e. The Bertz CT molecular complexity index is 585. The van der Waals surface area contributed by atoms with E-state index in [0.29, 0.717) is 18.4 Å². The molecular formula is C16H19N2O4-. The number of carbonyl (C=O) groups is 3. The van der Waals surface area contributed by atoms with E-state index >= 15 is 0 Å². The normalized spacial score (nSPS) is 21.0. The minimum absolute atomic E-state index is 0.424. The van der Waals surface area contributed by atoms with Crippen LogP contribution in [0.1, 0.15) is 41.6 Å². The van der Waals surface area contributed by atoms with Crippen molar-refractivity contribution in [3.05, 3.63) is 35.4 Å². The van der Waals surface area contributed by atoms with Gasteiger partial charge in [0.05, 0.1) is 0 Å². The summed E-state index contributed by atoms with van der Waals surface area (Å²) in [4.78, 5) is 35.2. The van der Waals surface area contributed by atoms with Gasteiger partial charge in [-0.1, -0.05) is 31.0 Å². The average Bonchev–Trinajstić information content (AvgIpc) is 2.52. The first-order valence-corrected chi connectivity index (χ1v) is 7.37. The number of carboxylic acids is 1. The summed E-state index contributed by atoms with van der Waals surface area (Å²) >= 11 is 0. The van der Waals surface area contributed by atoms with Crippen LogP contribution in [0.2, 0.25) is 0 Å². The zero-order valence-electron chi connectivity index (χ0n) is 12.4. The number of hydrogen-bond acceptors (Lipinski definition) is 4. The third kappa shape index (κ3) is 3.63. The molecule has 1 aliphatic carbocycles. The Balaban J connectivity index is 1.96. The molecule has 6 heteroatoms. The number of benzene rings is 1. The summed E-state index contributed by atoms with van der Waals surface area (Å²) < 4.78 is 0. The van der Waals surface area contributed by atoms with E-state index in [4.69, 9.17) is 0 Å². The predicted octanol–water partition coefficient (Wildman–Crippen LogP) is 0.312. The molecule has 0 heterocycles. The Morgan fingerprint density at radius 2 is 1.68 bits per heavy atom. The van der Waals surface area contributed by atoms with Gasteiger partial charge in [-0.05, 0) is 31.4 Å². The number of hydrogen-bond donors (Lipinski definition) is 2. The second-order valence-corrected chi connectivity index (χ2v) is 5.57. The fourth-order valence-corrected chi connectivity index (χ4v) is 2.83. The molecule has 2 N–H and O–H groups in total. The van der Waals surface area contributed by atoms with E-state index in [1.807, 2.05) is 6.07 Å². The van der Waals surface area contributed by atoms with Gasteiger partial charge in [-0.15, -0.1) is 0 Å². The number of rotatable bonds is 3. The molecule has 0 unspecified atom stereocenters. The van der Waals surface area contributed by atoms with E-state index in [-0.39, 0.29) is 0 Å². The molecule has 2 atom stereocenters. The summed E-state index contributed by atoms with van der Waals surface area (Å²) in [7, 11) is 0. The molecule has 1 saturated carbocycles. The van der Waals surface area contributed by atoms with Crippen LogP contribution < -0.4 is 16.0 Å². The number of amides is 2. The molecule has 118 valence electrons. The molecule has 0 aliphatic heterocycles. The molecule has 0 aromatic heterocycles. The van der Waals surface area contributed by atoms with Crippen molar-refractivity contribution in [1.29, 1.82) is 0 Å². The lowest BCUT2D eigenvalue weighted by Gasteiger charge is -2.31. The molecule has 1 fully saturated rings. The van der Waals surface area contributed by atoms with E-state index in [9.17, 15) is 19.5 Å². The molecule has 22 heavy (non-hydrogen) atoms. The lowest BCUT2D eigenvalue weighted by atomic mass is 9.79. The van der Waals surface area contributed by atoms with Crippen LogP contribution in [0.3, 0.4) is 0 Å². The Labute approximate surface area is 128 Å². The minimum Gasteiger partial charge on any atom is -0.550 e. The molecule has 1 aromatic carbocycles. The molecule has 6 nitrogen and oxygen atoms in total. The highest BCUT2D eigenvalue weighted by Gasteiger charge is 2.32. The average molecular weight is 303 g/mol. The van der Waals surface area contributed by atoms with Crippen LogP contribution in [0, 0.1) is 18.8 Å². The van der Waals surface area contributed by atoms with Crippen LogP contribution >= 0.6 is 0 Å². The number of nitrogens with one attached hydrogen (secondary N) is 2. The number of aryl methyl sites for hydroxylation is 1. The maximum absolute atomic E-state index is 12.1. The molecule has 1 aromatic rings. The molecule has 2 rings (SSSR count). The van der Waals surface area contributed by atoms with Crippen molar-refractivity contribution in [2.45, 2.75) is 32.6 Å². The summed E-state index contributed by atoms with van der Waals surface area (Å²) in [6.07, 6.45) is 2.50. The van der Waals surface area contributed by atoms with Gasteiger partial charge in [-0.25, -0.2) is 0 Å². The van der Waals surface area contributed by atoms with Gasteiger partial charge in [0.2, 0.25) is 5.91 Å². The third-order valence-corrected chi connectivity index (χ3v) is 4.09. The number of aliphatic carboxylic acids is 1. The van der Waals surface area contributed by atoms with Gasteiger partial charge < -0.3 is 9.90 Å². The second-order valence-electron chi connectivity index (χ2n) is 5.57. The topological polar surface area (TPSA) is 98.3 Å². The van der Waals surface area contributed by atoms with Crippen molar-refractivity contribution in [2.75, 3.05) is 0 Å². The van der Waals surface area contributed by atoms with Crippen molar-refractivity contribution in [1.82, 2.24) is 10.9 Å². The highest BCUT2D eigenvalue weighted by Crippen LogP contribution is 2.29. The number of carboxylic acid groups (broad SMARTS) is 1. The van der Waals surface area contributed by atoms with Crippen LogP contribution in [-0.2, 0) is 9.59 Å². The first kappa shape index (κ1) is 16.0. The van der Waals surface area contributed by atoms with Crippen LogP contribution in [0.4, 0.5) is 0 Å². The third-order valence-electron chi connectivity index (χ3n) is 4.09. The van der Waals surface area contributed by atoms with Crippen molar-refractivity contribution in [3.8, 4) is 0 Å². The van der Waals surface area contributed by atoms with E-state index < -0.39 is 29.6 Å². The molecule has 1 aliphatic rings. The monoisotopic (exact) mass is 303 g/mol. The number of hydrazine groups is 1. The van der Waals surface area contributed by atoms with Gasteiger partial charge in [-0.2, -0.15) is 0 Å². The quantitative estimate of drug-likeness (QED) is 0.785. The first-order chi connectivity index (χ1) is 10.5. The minimum atomic E-state index is -1.20. The second kappa shape index (κ2) is 7.06. The van der Waals surface area contributed by atoms with E-state index in [1.165, 1.54) is 0 Å². The zero-order valence-corrected chi connectivity index (χ0v) is 12.4. The van der Waals surface area contributed by atoms with Crippen molar-refractivity contribution < 1.29 is 19.5 Å². The van der Waals surface area contributed by atoms with Crippen LogP contribution in [0.5, 0.6) is 0 Å². The molecule has 0 saturated heterocycles. The molecule has 0 bridgehead atoms. The molecule has 0 spiro atoms. The fourth-order valence-electron chi connectivity index (χ4n) is 2.83. The smallest absolute Gasteiger partial charge is 0.269 e. The first-order valence-electron chi connectivity index (χ1n) is 7.37. The van der Waals surface area contributed by atoms with E-state index in [2.05, 4.69) is 10.9 Å². The molecule has 0 radical (unpaired) electrons. The maximum Gasteiger partial charge on any atom is 0.269 e. The SMILES string of the molecule is Cc1ccccc1C(=O)NNC(=O)[C@H]1CCCC[C@H]1C(=O)[O-]. The van der Waals surface area contributed by atoms with Crippen LogP contribution in [-0.4, -0.2) is 17.8 Å². The zero-order chi connectivity index (χ0) is 16.1.